The fourth-order valence-corrected chi connectivity index (χ4v) is 1.10. The molecule has 0 radical (unpaired) electrons. The van der Waals surface area contributed by atoms with Crippen LogP contribution in [0.15, 0.2) is 12.3 Å². The Labute approximate surface area is 81.9 Å². The van der Waals surface area contributed by atoms with Gasteiger partial charge in [-0.1, -0.05) is 0 Å². The van der Waals surface area contributed by atoms with Gasteiger partial charge in [-0.25, -0.2) is 4.39 Å². The van der Waals surface area contributed by atoms with Gasteiger partial charge in [-0.3, -0.25) is 9.78 Å². The van der Waals surface area contributed by atoms with Crippen LogP contribution >= 0.6 is 0 Å². The van der Waals surface area contributed by atoms with Crippen molar-refractivity contribution in [1.29, 1.82) is 0 Å². The summed E-state index contributed by atoms with van der Waals surface area (Å²) in [5.41, 5.74) is 1.02. The van der Waals surface area contributed by atoms with E-state index in [2.05, 4.69) is 4.98 Å². The number of aryl methyl sites for hydroxylation is 1. The van der Waals surface area contributed by atoms with E-state index >= 15 is 0 Å². The van der Waals surface area contributed by atoms with Crippen LogP contribution in [-0.2, 0) is 16.0 Å². The van der Waals surface area contributed by atoms with Crippen LogP contribution in [0.3, 0.4) is 0 Å². The van der Waals surface area contributed by atoms with Gasteiger partial charge in [0.1, 0.15) is 5.82 Å². The van der Waals surface area contributed by atoms with E-state index in [4.69, 9.17) is 4.74 Å². The zero-order valence-electron chi connectivity index (χ0n) is 8.21. The van der Waals surface area contributed by atoms with E-state index in [1.54, 1.807) is 19.9 Å². The van der Waals surface area contributed by atoms with E-state index in [1.165, 1.54) is 0 Å². The molecule has 1 rings (SSSR count). The lowest BCUT2D eigenvalue weighted by Crippen LogP contribution is -2.09. The molecule has 0 aliphatic carbocycles. The fraction of sp³-hybridized carbons (Fsp3) is 0.400. The third-order valence-corrected chi connectivity index (χ3v) is 1.71. The summed E-state index contributed by atoms with van der Waals surface area (Å²) in [6.07, 6.45) is 1.08. The van der Waals surface area contributed by atoms with Crippen LogP contribution < -0.4 is 0 Å². The molecule has 1 aromatic rings. The van der Waals surface area contributed by atoms with Gasteiger partial charge in [-0.15, -0.1) is 0 Å². The number of halogens is 1. The van der Waals surface area contributed by atoms with Gasteiger partial charge < -0.3 is 4.74 Å². The number of carbonyl (C=O) groups is 1. The number of pyridine rings is 1. The topological polar surface area (TPSA) is 39.2 Å². The summed E-state index contributed by atoms with van der Waals surface area (Å²) in [6.45, 7) is 3.77. The highest BCUT2D eigenvalue weighted by Gasteiger charge is 2.09. The molecule has 0 unspecified atom stereocenters. The van der Waals surface area contributed by atoms with Crippen molar-refractivity contribution >= 4 is 5.97 Å². The highest BCUT2D eigenvalue weighted by molar-refractivity contribution is 5.72. The summed E-state index contributed by atoms with van der Waals surface area (Å²) in [4.78, 5) is 14.8. The molecule has 0 bridgehead atoms. The highest BCUT2D eigenvalue weighted by atomic mass is 19.1. The van der Waals surface area contributed by atoms with Crippen LogP contribution in [0.1, 0.15) is 18.2 Å². The molecule has 1 aromatic heterocycles. The number of carbonyl (C=O) groups excluding carboxylic acids is 1. The molecule has 0 aliphatic rings. The number of nitrogens with zero attached hydrogens (tertiary/aromatic N) is 1. The van der Waals surface area contributed by atoms with Crippen molar-refractivity contribution in [3.05, 3.63) is 29.3 Å². The van der Waals surface area contributed by atoms with Crippen molar-refractivity contribution in [2.75, 3.05) is 6.61 Å². The van der Waals surface area contributed by atoms with Crippen molar-refractivity contribution in [1.82, 2.24) is 4.98 Å². The Bertz CT molecular complexity index is 339. The van der Waals surface area contributed by atoms with Crippen molar-refractivity contribution in [3.63, 3.8) is 0 Å². The smallest absolute Gasteiger partial charge is 0.310 e. The first-order valence-electron chi connectivity index (χ1n) is 4.40. The first kappa shape index (κ1) is 10.6. The average Bonchev–Trinajstić information content (AvgIpc) is 2.12. The molecule has 76 valence electrons. The van der Waals surface area contributed by atoms with Crippen LogP contribution in [0.2, 0.25) is 0 Å². The van der Waals surface area contributed by atoms with Crippen molar-refractivity contribution in [2.24, 2.45) is 0 Å². The summed E-state index contributed by atoms with van der Waals surface area (Å²) in [6, 6.07) is 1.55. The van der Waals surface area contributed by atoms with Gasteiger partial charge in [0.05, 0.1) is 19.2 Å². The van der Waals surface area contributed by atoms with E-state index in [1.807, 2.05) is 0 Å². The first-order valence-corrected chi connectivity index (χ1v) is 4.40. The molecular formula is C10H12FNO2. The Kier molecular flexibility index (Phi) is 3.56. The lowest BCUT2D eigenvalue weighted by Gasteiger charge is -2.03. The molecule has 0 N–H and O–H groups in total. The maximum absolute atomic E-state index is 13.1. The van der Waals surface area contributed by atoms with Gasteiger partial charge in [-0.05, 0) is 19.9 Å². The van der Waals surface area contributed by atoms with Crippen LogP contribution in [0.4, 0.5) is 4.39 Å². The van der Waals surface area contributed by atoms with E-state index in [0.29, 0.717) is 17.9 Å². The zero-order chi connectivity index (χ0) is 10.6. The van der Waals surface area contributed by atoms with E-state index in [9.17, 15) is 9.18 Å². The number of hydrogen-bond donors (Lipinski definition) is 0. The molecule has 3 nitrogen and oxygen atoms in total. The fourth-order valence-electron chi connectivity index (χ4n) is 1.10. The summed E-state index contributed by atoms with van der Waals surface area (Å²) in [7, 11) is 0. The Morgan fingerprint density at radius 3 is 3.00 bits per heavy atom. The summed E-state index contributed by atoms with van der Waals surface area (Å²) in [5.74, 6) is -0.888. The second-order valence-corrected chi connectivity index (χ2v) is 2.90. The van der Waals surface area contributed by atoms with Crippen LogP contribution in [0.25, 0.3) is 0 Å². The van der Waals surface area contributed by atoms with Gasteiger partial charge in [0.15, 0.2) is 0 Å². The first-order chi connectivity index (χ1) is 6.63. The predicted octanol–water partition coefficient (Wildman–Crippen LogP) is 1.63. The van der Waals surface area contributed by atoms with Crippen molar-refractivity contribution < 1.29 is 13.9 Å². The van der Waals surface area contributed by atoms with E-state index in [-0.39, 0.29) is 6.42 Å². The Morgan fingerprint density at radius 2 is 2.36 bits per heavy atom. The number of esters is 1. The second kappa shape index (κ2) is 4.69. The molecule has 0 aromatic carbocycles. The zero-order valence-corrected chi connectivity index (χ0v) is 8.21. The lowest BCUT2D eigenvalue weighted by molar-refractivity contribution is -0.142. The quantitative estimate of drug-likeness (QED) is 0.691. The minimum atomic E-state index is -0.469. The maximum Gasteiger partial charge on any atom is 0.310 e. The molecule has 0 aliphatic heterocycles. The molecular weight excluding hydrogens is 185 g/mol. The lowest BCUT2D eigenvalue weighted by atomic mass is 10.1. The van der Waals surface area contributed by atoms with E-state index in [0.717, 1.165) is 6.20 Å². The Hall–Kier alpha value is -1.45. The molecule has 4 heteroatoms. The van der Waals surface area contributed by atoms with Gasteiger partial charge in [0, 0.05) is 11.3 Å². The maximum atomic E-state index is 13.1. The minimum Gasteiger partial charge on any atom is -0.466 e. The number of hydrogen-bond acceptors (Lipinski definition) is 3. The largest absolute Gasteiger partial charge is 0.466 e. The molecule has 0 fully saturated rings. The third kappa shape index (κ3) is 2.80. The van der Waals surface area contributed by atoms with E-state index < -0.39 is 11.8 Å². The number of aromatic nitrogens is 1. The second-order valence-electron chi connectivity index (χ2n) is 2.90. The number of ether oxygens (including phenoxy) is 1. The summed E-state index contributed by atoms with van der Waals surface area (Å²) >= 11 is 0. The normalized spacial score (nSPS) is 9.93. The van der Waals surface area contributed by atoms with Gasteiger partial charge in [0.2, 0.25) is 0 Å². The molecule has 0 spiro atoms. The molecule has 14 heavy (non-hydrogen) atoms. The van der Waals surface area contributed by atoms with Crippen molar-refractivity contribution in [2.45, 2.75) is 20.3 Å². The standard InChI is InChI=1S/C10H12FNO2/c1-3-14-10(13)5-8-4-7(2)12-6-9(8)11/h4,6H,3,5H2,1-2H3. The van der Waals surface area contributed by atoms with Gasteiger partial charge >= 0.3 is 5.97 Å². The summed E-state index contributed by atoms with van der Waals surface area (Å²) in [5, 5.41) is 0. The highest BCUT2D eigenvalue weighted by Crippen LogP contribution is 2.08. The van der Waals surface area contributed by atoms with Crippen LogP contribution in [0.5, 0.6) is 0 Å². The molecule has 0 atom stereocenters. The summed E-state index contributed by atoms with van der Waals surface area (Å²) < 4.78 is 17.8. The van der Waals surface area contributed by atoms with Gasteiger partial charge in [-0.2, -0.15) is 0 Å². The third-order valence-electron chi connectivity index (χ3n) is 1.71. The molecule has 0 saturated heterocycles. The average molecular weight is 197 g/mol. The molecule has 0 amide bonds. The van der Waals surface area contributed by atoms with Crippen molar-refractivity contribution in [3.8, 4) is 0 Å². The SMILES string of the molecule is CCOC(=O)Cc1cc(C)ncc1F. The molecule has 1 heterocycles. The number of rotatable bonds is 3. The Balaban J connectivity index is 2.75. The van der Waals surface area contributed by atoms with Crippen LogP contribution in [-0.4, -0.2) is 17.6 Å². The van der Waals surface area contributed by atoms with Crippen LogP contribution in [0, 0.1) is 12.7 Å². The monoisotopic (exact) mass is 197 g/mol. The minimum absolute atomic E-state index is 0.0387. The Morgan fingerprint density at radius 1 is 1.64 bits per heavy atom. The molecule has 0 saturated carbocycles. The van der Waals surface area contributed by atoms with Gasteiger partial charge in [0.25, 0.3) is 0 Å². The predicted molar refractivity (Wildman–Crippen MR) is 49.3 cm³/mol.